The lowest BCUT2D eigenvalue weighted by molar-refractivity contribution is 0.456. The summed E-state index contributed by atoms with van der Waals surface area (Å²) in [5, 5.41) is 8.02. The molecule has 1 heterocycles. The second-order valence-electron chi connectivity index (χ2n) is 3.59. The van der Waals surface area contributed by atoms with Crippen LogP contribution in [0.15, 0.2) is 28.9 Å². The van der Waals surface area contributed by atoms with Crippen molar-refractivity contribution in [2.75, 3.05) is 7.05 Å². The van der Waals surface area contributed by atoms with Crippen LogP contribution in [0.2, 0.25) is 0 Å². The lowest BCUT2D eigenvalue weighted by Crippen LogP contribution is -2.23. The van der Waals surface area contributed by atoms with Crippen molar-refractivity contribution in [2.24, 2.45) is 0 Å². The summed E-state index contributed by atoms with van der Waals surface area (Å²) in [4.78, 5) is 0. The third kappa shape index (κ3) is 2.70. The Morgan fingerprint density at radius 1 is 1.47 bits per heavy atom. The van der Waals surface area contributed by atoms with E-state index in [1.807, 2.05) is 13.1 Å². The summed E-state index contributed by atoms with van der Waals surface area (Å²) in [6.45, 7) is 2.16. The Hall–Kier alpha value is -1.06. The normalized spacial score (nSPS) is 12.4. The Kier molecular flexibility index (Phi) is 4.12. The van der Waals surface area contributed by atoms with Crippen LogP contribution in [0, 0.1) is 0 Å². The zero-order valence-electron chi connectivity index (χ0n) is 8.86. The van der Waals surface area contributed by atoms with E-state index in [-0.39, 0.29) is 12.4 Å². The summed E-state index contributed by atoms with van der Waals surface area (Å²) >= 11 is 0. The molecule has 0 saturated carbocycles. The predicted octanol–water partition coefficient (Wildman–Crippen LogP) is 2.40. The number of hydrogen-bond donors (Lipinski definition) is 1. The molecule has 1 aromatic heterocycles. The first-order chi connectivity index (χ1) is 6.79. The van der Waals surface area contributed by atoms with Crippen LogP contribution >= 0.6 is 12.4 Å². The minimum absolute atomic E-state index is 0. The Morgan fingerprint density at radius 3 is 3.00 bits per heavy atom. The van der Waals surface area contributed by atoms with Gasteiger partial charge in [-0.3, -0.25) is 0 Å². The number of aromatic nitrogens is 1. The van der Waals surface area contributed by atoms with Gasteiger partial charge in [0.15, 0.2) is 5.58 Å². The van der Waals surface area contributed by atoms with Gasteiger partial charge in [0.25, 0.3) is 0 Å². The second kappa shape index (κ2) is 5.14. The molecular formula is C11H15ClN2O. The summed E-state index contributed by atoms with van der Waals surface area (Å²) in [7, 11) is 1.97. The van der Waals surface area contributed by atoms with E-state index in [0.717, 1.165) is 17.4 Å². The molecule has 0 bridgehead atoms. The maximum atomic E-state index is 5.10. The van der Waals surface area contributed by atoms with E-state index in [1.54, 1.807) is 6.20 Å². The highest BCUT2D eigenvalue weighted by atomic mass is 35.5. The highest BCUT2D eigenvalue weighted by molar-refractivity contribution is 5.85. The molecule has 1 unspecified atom stereocenters. The fourth-order valence-corrected chi connectivity index (χ4v) is 1.49. The van der Waals surface area contributed by atoms with E-state index in [1.165, 1.54) is 5.56 Å². The SMILES string of the molecule is CNC(C)Cc1ccc2cnoc2c1.Cl. The fraction of sp³-hybridized carbons (Fsp3) is 0.364. The molecule has 1 atom stereocenters. The Labute approximate surface area is 95.2 Å². The maximum absolute atomic E-state index is 5.10. The lowest BCUT2D eigenvalue weighted by atomic mass is 10.1. The molecule has 0 aliphatic rings. The van der Waals surface area contributed by atoms with Crippen LogP contribution in [-0.4, -0.2) is 18.2 Å². The van der Waals surface area contributed by atoms with Crippen LogP contribution in [0.1, 0.15) is 12.5 Å². The number of likely N-dealkylation sites (N-methyl/N-ethyl adjacent to an activating group) is 1. The van der Waals surface area contributed by atoms with Crippen molar-refractivity contribution in [3.8, 4) is 0 Å². The zero-order valence-corrected chi connectivity index (χ0v) is 9.67. The molecule has 0 aliphatic heterocycles. The number of nitrogens with zero attached hydrogens (tertiary/aromatic N) is 1. The van der Waals surface area contributed by atoms with E-state index in [2.05, 4.69) is 29.5 Å². The predicted molar refractivity (Wildman–Crippen MR) is 63.5 cm³/mol. The number of fused-ring (bicyclic) bond motifs is 1. The first-order valence-electron chi connectivity index (χ1n) is 4.80. The number of nitrogens with one attached hydrogen (secondary N) is 1. The third-order valence-electron chi connectivity index (χ3n) is 2.46. The second-order valence-corrected chi connectivity index (χ2v) is 3.59. The monoisotopic (exact) mass is 226 g/mol. The van der Waals surface area contributed by atoms with Gasteiger partial charge >= 0.3 is 0 Å². The molecule has 4 heteroatoms. The van der Waals surface area contributed by atoms with Gasteiger partial charge in [-0.25, -0.2) is 0 Å². The molecule has 1 N–H and O–H groups in total. The van der Waals surface area contributed by atoms with Crippen molar-refractivity contribution in [2.45, 2.75) is 19.4 Å². The average Bonchev–Trinajstić information content (AvgIpc) is 2.64. The van der Waals surface area contributed by atoms with Crippen LogP contribution < -0.4 is 5.32 Å². The molecule has 82 valence electrons. The first kappa shape index (κ1) is 12.0. The molecule has 0 radical (unpaired) electrons. The van der Waals surface area contributed by atoms with Crippen molar-refractivity contribution in [3.05, 3.63) is 30.0 Å². The van der Waals surface area contributed by atoms with Gasteiger partial charge in [0, 0.05) is 11.4 Å². The van der Waals surface area contributed by atoms with Gasteiger partial charge in [-0.05, 0) is 38.1 Å². The zero-order chi connectivity index (χ0) is 9.97. The molecule has 15 heavy (non-hydrogen) atoms. The van der Waals surface area contributed by atoms with Crippen LogP contribution in [0.5, 0.6) is 0 Å². The minimum atomic E-state index is 0. The fourth-order valence-electron chi connectivity index (χ4n) is 1.49. The number of rotatable bonds is 3. The highest BCUT2D eigenvalue weighted by Gasteiger charge is 2.03. The Bertz CT molecular complexity index is 427. The standard InChI is InChI=1S/C11H14N2O.ClH/c1-8(12-2)5-9-3-4-10-7-13-14-11(10)6-9;/h3-4,6-8,12H,5H2,1-2H3;1H. The summed E-state index contributed by atoms with van der Waals surface area (Å²) < 4.78 is 5.10. The van der Waals surface area contributed by atoms with E-state index in [9.17, 15) is 0 Å². The summed E-state index contributed by atoms with van der Waals surface area (Å²) in [5.74, 6) is 0. The van der Waals surface area contributed by atoms with Crippen molar-refractivity contribution in [1.29, 1.82) is 0 Å². The molecule has 1 aromatic carbocycles. The third-order valence-corrected chi connectivity index (χ3v) is 2.46. The van der Waals surface area contributed by atoms with Gasteiger partial charge in [-0.2, -0.15) is 0 Å². The highest BCUT2D eigenvalue weighted by Crippen LogP contribution is 2.15. The smallest absolute Gasteiger partial charge is 0.167 e. The maximum Gasteiger partial charge on any atom is 0.167 e. The molecule has 0 amide bonds. The summed E-state index contributed by atoms with van der Waals surface area (Å²) in [6.07, 6.45) is 2.74. The average molecular weight is 227 g/mol. The minimum Gasteiger partial charge on any atom is -0.356 e. The molecule has 0 saturated heterocycles. The Morgan fingerprint density at radius 2 is 2.27 bits per heavy atom. The van der Waals surface area contributed by atoms with Crippen LogP contribution in [0.3, 0.4) is 0 Å². The number of halogens is 1. The first-order valence-corrected chi connectivity index (χ1v) is 4.80. The summed E-state index contributed by atoms with van der Waals surface area (Å²) in [5.41, 5.74) is 2.14. The largest absolute Gasteiger partial charge is 0.356 e. The van der Waals surface area contributed by atoms with Gasteiger partial charge in [-0.15, -0.1) is 12.4 Å². The van der Waals surface area contributed by atoms with E-state index < -0.39 is 0 Å². The van der Waals surface area contributed by atoms with E-state index >= 15 is 0 Å². The van der Waals surface area contributed by atoms with Crippen molar-refractivity contribution < 1.29 is 4.52 Å². The van der Waals surface area contributed by atoms with Gasteiger partial charge in [0.05, 0.1) is 6.20 Å². The molecule has 0 fully saturated rings. The van der Waals surface area contributed by atoms with Crippen LogP contribution in [0.4, 0.5) is 0 Å². The topological polar surface area (TPSA) is 38.1 Å². The number of hydrogen-bond acceptors (Lipinski definition) is 3. The van der Waals surface area contributed by atoms with Crippen molar-refractivity contribution in [3.63, 3.8) is 0 Å². The van der Waals surface area contributed by atoms with Gasteiger partial charge in [0.2, 0.25) is 0 Å². The van der Waals surface area contributed by atoms with Crippen LogP contribution in [0.25, 0.3) is 11.0 Å². The van der Waals surface area contributed by atoms with Gasteiger partial charge < -0.3 is 9.84 Å². The molecule has 2 rings (SSSR count). The molecule has 3 nitrogen and oxygen atoms in total. The van der Waals surface area contributed by atoms with Crippen molar-refractivity contribution >= 4 is 23.4 Å². The van der Waals surface area contributed by atoms with E-state index in [4.69, 9.17) is 4.52 Å². The van der Waals surface area contributed by atoms with Crippen LogP contribution in [-0.2, 0) is 6.42 Å². The van der Waals surface area contributed by atoms with E-state index in [0.29, 0.717) is 6.04 Å². The molecule has 0 aliphatic carbocycles. The summed E-state index contributed by atoms with van der Waals surface area (Å²) in [6, 6.07) is 6.70. The van der Waals surface area contributed by atoms with Gasteiger partial charge in [0.1, 0.15) is 0 Å². The van der Waals surface area contributed by atoms with Gasteiger partial charge in [-0.1, -0.05) is 11.2 Å². The molecule has 0 spiro atoms. The quantitative estimate of drug-likeness (QED) is 0.874. The number of benzene rings is 1. The Balaban J connectivity index is 0.00000112. The molecular weight excluding hydrogens is 212 g/mol. The molecule has 2 aromatic rings. The van der Waals surface area contributed by atoms with Crippen molar-refractivity contribution in [1.82, 2.24) is 10.5 Å². The lowest BCUT2D eigenvalue weighted by Gasteiger charge is -2.09.